The van der Waals surface area contributed by atoms with Gasteiger partial charge < -0.3 is 9.64 Å². The van der Waals surface area contributed by atoms with Crippen LogP contribution in [-0.2, 0) is 19.6 Å². The van der Waals surface area contributed by atoms with Crippen molar-refractivity contribution in [2.24, 2.45) is 5.92 Å². The van der Waals surface area contributed by atoms with Crippen molar-refractivity contribution in [1.29, 1.82) is 0 Å². The van der Waals surface area contributed by atoms with Crippen LogP contribution in [0.1, 0.15) is 35.7 Å². The smallest absolute Gasteiger partial charge is 0.309 e. The van der Waals surface area contributed by atoms with Gasteiger partial charge in [0.2, 0.25) is 0 Å². The molecule has 0 saturated carbocycles. The third-order valence-corrected chi connectivity index (χ3v) is 6.68. The number of carbonyl (C=O) groups excluding carboxylic acids is 2. The summed E-state index contributed by atoms with van der Waals surface area (Å²) >= 11 is 0. The zero-order chi connectivity index (χ0) is 21.7. The summed E-state index contributed by atoms with van der Waals surface area (Å²) in [5.74, 6) is -0.660. The zero-order valence-corrected chi connectivity index (χ0v) is 17.9. The van der Waals surface area contributed by atoms with Gasteiger partial charge in [0.1, 0.15) is 0 Å². The minimum Gasteiger partial charge on any atom is -0.466 e. The van der Waals surface area contributed by atoms with Gasteiger partial charge in [-0.3, -0.25) is 14.3 Å². The molecule has 160 valence electrons. The Bertz CT molecular complexity index is 1010. The van der Waals surface area contributed by atoms with Gasteiger partial charge in [-0.15, -0.1) is 0 Å². The Morgan fingerprint density at radius 3 is 2.40 bits per heavy atom. The lowest BCUT2D eigenvalue weighted by Crippen LogP contribution is -2.40. The first-order chi connectivity index (χ1) is 14.3. The van der Waals surface area contributed by atoms with Crippen molar-refractivity contribution in [2.75, 3.05) is 24.4 Å². The summed E-state index contributed by atoms with van der Waals surface area (Å²) < 4.78 is 33.3. The number of para-hydroxylation sites is 1. The second-order valence-electron chi connectivity index (χ2n) is 7.27. The third kappa shape index (κ3) is 4.99. The maximum absolute atomic E-state index is 12.9. The maximum Gasteiger partial charge on any atom is 0.309 e. The molecular weight excluding hydrogens is 404 g/mol. The van der Waals surface area contributed by atoms with Crippen LogP contribution < -0.4 is 4.72 Å². The molecule has 8 heteroatoms. The first kappa shape index (κ1) is 21.8. The largest absolute Gasteiger partial charge is 0.466 e. The molecule has 1 aliphatic heterocycles. The molecule has 1 saturated heterocycles. The molecule has 0 aliphatic carbocycles. The van der Waals surface area contributed by atoms with E-state index in [0.717, 1.165) is 0 Å². The third-order valence-electron chi connectivity index (χ3n) is 5.15. The molecule has 0 spiro atoms. The topological polar surface area (TPSA) is 92.8 Å². The Morgan fingerprint density at radius 2 is 1.77 bits per heavy atom. The number of sulfonamides is 1. The van der Waals surface area contributed by atoms with Crippen LogP contribution in [0.2, 0.25) is 0 Å². The number of hydrogen-bond donors (Lipinski definition) is 1. The maximum atomic E-state index is 12.9. The predicted octanol–water partition coefficient (Wildman–Crippen LogP) is 3.21. The highest BCUT2D eigenvalue weighted by Gasteiger charge is 2.29. The molecule has 1 amide bonds. The molecule has 0 aromatic heterocycles. The average Bonchev–Trinajstić information content (AvgIpc) is 2.74. The first-order valence-electron chi connectivity index (χ1n) is 9.96. The number of benzene rings is 2. The Labute approximate surface area is 177 Å². The number of hydrogen-bond acceptors (Lipinski definition) is 5. The summed E-state index contributed by atoms with van der Waals surface area (Å²) in [6.45, 7) is 4.67. The van der Waals surface area contributed by atoms with Crippen LogP contribution in [0.3, 0.4) is 0 Å². The number of amides is 1. The fourth-order valence-corrected chi connectivity index (χ4v) is 4.83. The normalized spacial score (nSPS) is 14.9. The summed E-state index contributed by atoms with van der Waals surface area (Å²) in [4.78, 5) is 26.6. The van der Waals surface area contributed by atoms with Crippen LogP contribution in [0.4, 0.5) is 5.69 Å². The number of nitrogens with zero attached hydrogens (tertiary/aromatic N) is 1. The van der Waals surface area contributed by atoms with E-state index in [0.29, 0.717) is 49.4 Å². The number of anilines is 1. The number of ether oxygens (including phenoxy) is 1. The number of piperidine rings is 1. The van der Waals surface area contributed by atoms with Gasteiger partial charge >= 0.3 is 5.97 Å². The van der Waals surface area contributed by atoms with Crippen molar-refractivity contribution in [3.05, 3.63) is 59.7 Å². The number of likely N-dealkylation sites (tertiary alicyclic amines) is 1. The van der Waals surface area contributed by atoms with Crippen molar-refractivity contribution >= 4 is 27.6 Å². The lowest BCUT2D eigenvalue weighted by molar-refractivity contribution is -0.149. The summed E-state index contributed by atoms with van der Waals surface area (Å²) in [5.41, 5.74) is 1.31. The van der Waals surface area contributed by atoms with Crippen LogP contribution in [0, 0.1) is 12.8 Å². The molecule has 0 unspecified atom stereocenters. The van der Waals surface area contributed by atoms with Crippen LogP contribution in [0.15, 0.2) is 53.4 Å². The number of aryl methyl sites for hydroxylation is 1. The molecule has 30 heavy (non-hydrogen) atoms. The minimum atomic E-state index is -3.84. The molecule has 2 aromatic rings. The van der Waals surface area contributed by atoms with Crippen molar-refractivity contribution in [3.63, 3.8) is 0 Å². The molecule has 0 atom stereocenters. The van der Waals surface area contributed by atoms with Crippen LogP contribution in [0.5, 0.6) is 0 Å². The van der Waals surface area contributed by atoms with Gasteiger partial charge in [-0.2, -0.15) is 0 Å². The van der Waals surface area contributed by atoms with E-state index in [9.17, 15) is 18.0 Å². The Balaban J connectivity index is 1.75. The quantitative estimate of drug-likeness (QED) is 0.711. The number of carbonyl (C=O) groups is 2. The van der Waals surface area contributed by atoms with Gasteiger partial charge in [-0.1, -0.05) is 24.3 Å². The summed E-state index contributed by atoms with van der Waals surface area (Å²) in [5, 5.41) is 0. The molecule has 1 heterocycles. The van der Waals surface area contributed by atoms with Crippen LogP contribution in [-0.4, -0.2) is 44.9 Å². The average molecular weight is 431 g/mol. The van der Waals surface area contributed by atoms with E-state index in [1.54, 1.807) is 61.2 Å². The highest BCUT2D eigenvalue weighted by atomic mass is 32.2. The van der Waals surface area contributed by atoms with Gasteiger partial charge in [-0.25, -0.2) is 8.42 Å². The molecule has 7 nitrogen and oxygen atoms in total. The van der Waals surface area contributed by atoms with E-state index in [2.05, 4.69) is 4.72 Å². The summed E-state index contributed by atoms with van der Waals surface area (Å²) in [6.07, 6.45) is 1.08. The first-order valence-corrected chi connectivity index (χ1v) is 11.4. The van der Waals surface area contributed by atoms with Gasteiger partial charge in [0.05, 0.1) is 17.4 Å². The summed E-state index contributed by atoms with van der Waals surface area (Å²) in [7, 11) is -3.84. The van der Waals surface area contributed by atoms with E-state index in [4.69, 9.17) is 4.74 Å². The monoisotopic (exact) mass is 430 g/mol. The Morgan fingerprint density at radius 1 is 1.10 bits per heavy atom. The van der Waals surface area contributed by atoms with Gasteiger partial charge in [0.25, 0.3) is 15.9 Å². The number of esters is 1. The summed E-state index contributed by atoms with van der Waals surface area (Å²) in [6, 6.07) is 13.3. The molecule has 0 radical (unpaired) electrons. The van der Waals surface area contributed by atoms with Crippen molar-refractivity contribution in [2.45, 2.75) is 31.6 Å². The van der Waals surface area contributed by atoms with Crippen LogP contribution in [0.25, 0.3) is 0 Å². The lowest BCUT2D eigenvalue weighted by atomic mass is 9.96. The van der Waals surface area contributed by atoms with E-state index in [1.807, 2.05) is 0 Å². The molecule has 3 rings (SSSR count). The molecule has 1 fully saturated rings. The van der Waals surface area contributed by atoms with Gasteiger partial charge in [0.15, 0.2) is 0 Å². The Kier molecular flexibility index (Phi) is 6.77. The second kappa shape index (κ2) is 9.30. The minimum absolute atomic E-state index is 0.0682. The molecule has 1 N–H and O–H groups in total. The zero-order valence-electron chi connectivity index (χ0n) is 17.1. The second-order valence-corrected chi connectivity index (χ2v) is 8.92. The fourth-order valence-electron chi connectivity index (χ4n) is 3.50. The molecule has 1 aliphatic rings. The SMILES string of the molecule is CCOC(=O)C1CCN(C(=O)c2ccc(C)c(S(=O)(=O)Nc3ccccc3)c2)CC1. The molecule has 0 bridgehead atoms. The number of rotatable bonds is 6. The highest BCUT2D eigenvalue weighted by Crippen LogP contribution is 2.24. The molecule has 2 aromatic carbocycles. The lowest BCUT2D eigenvalue weighted by Gasteiger charge is -2.31. The predicted molar refractivity (Wildman–Crippen MR) is 114 cm³/mol. The highest BCUT2D eigenvalue weighted by molar-refractivity contribution is 7.92. The van der Waals surface area contributed by atoms with E-state index < -0.39 is 10.0 Å². The van der Waals surface area contributed by atoms with Crippen molar-refractivity contribution in [3.8, 4) is 0 Å². The van der Waals surface area contributed by atoms with Crippen LogP contribution >= 0.6 is 0 Å². The van der Waals surface area contributed by atoms with E-state index >= 15 is 0 Å². The van der Waals surface area contributed by atoms with E-state index in [1.165, 1.54) is 6.07 Å². The fraction of sp³-hybridized carbons (Fsp3) is 0.364. The Hall–Kier alpha value is -2.87. The van der Waals surface area contributed by atoms with Gasteiger partial charge in [-0.05, 0) is 56.5 Å². The van der Waals surface area contributed by atoms with Crippen molar-refractivity contribution < 1.29 is 22.7 Å². The van der Waals surface area contributed by atoms with Crippen molar-refractivity contribution in [1.82, 2.24) is 4.90 Å². The van der Waals surface area contributed by atoms with E-state index in [-0.39, 0.29) is 22.7 Å². The molecular formula is C22H26N2O5S. The standard InChI is InChI=1S/C22H26N2O5S/c1-3-29-22(26)17-11-13-24(14-12-17)21(25)18-10-9-16(2)20(15-18)30(27,28)23-19-7-5-4-6-8-19/h4-10,15,17,23H,3,11-14H2,1-2H3. The van der Waals surface area contributed by atoms with Gasteiger partial charge in [0, 0.05) is 24.3 Å². The number of nitrogens with one attached hydrogen (secondary N) is 1.